The molecule has 0 aliphatic carbocycles. The van der Waals surface area contributed by atoms with Crippen molar-refractivity contribution in [2.75, 3.05) is 13.7 Å². The normalized spacial score (nSPS) is 19.2. The minimum atomic E-state index is -0.359. The largest absolute Gasteiger partial charge is 0.465 e. The van der Waals surface area contributed by atoms with Gasteiger partial charge in [-0.05, 0) is 37.6 Å². The fourth-order valence-corrected chi connectivity index (χ4v) is 1.94. The Morgan fingerprint density at radius 3 is 2.47 bits per heavy atom. The summed E-state index contributed by atoms with van der Waals surface area (Å²) in [5.41, 5.74) is 1.46. The van der Waals surface area contributed by atoms with Gasteiger partial charge < -0.3 is 15.4 Å². The number of carbonyl (C=O) groups excluding carboxylic acids is 2. The van der Waals surface area contributed by atoms with Crippen LogP contribution in [0, 0.1) is 0 Å². The highest BCUT2D eigenvalue weighted by Gasteiger charge is 2.25. The molecule has 0 bridgehead atoms. The number of methoxy groups -OCH3 is 1. The monoisotopic (exact) mass is 262 g/mol. The predicted molar refractivity (Wildman–Crippen MR) is 70.7 cm³/mol. The van der Waals surface area contributed by atoms with Gasteiger partial charge in [-0.2, -0.15) is 0 Å². The third-order valence-corrected chi connectivity index (χ3v) is 3.33. The quantitative estimate of drug-likeness (QED) is 0.795. The molecule has 0 aromatic heterocycles. The van der Waals surface area contributed by atoms with Crippen LogP contribution >= 0.6 is 0 Å². The molecule has 1 aromatic rings. The lowest BCUT2D eigenvalue weighted by molar-refractivity contribution is -0.125. The second-order valence-corrected chi connectivity index (χ2v) is 4.64. The van der Waals surface area contributed by atoms with E-state index in [4.69, 9.17) is 0 Å². The van der Waals surface area contributed by atoms with Gasteiger partial charge in [0.25, 0.3) is 0 Å². The number of esters is 1. The molecule has 1 fully saturated rings. The summed E-state index contributed by atoms with van der Waals surface area (Å²) in [6.07, 6.45) is 0.889. The molecule has 0 saturated carbocycles. The van der Waals surface area contributed by atoms with Crippen molar-refractivity contribution in [3.8, 4) is 0 Å². The second kappa shape index (κ2) is 5.84. The Bertz CT molecular complexity index is 466. The number of benzene rings is 1. The van der Waals surface area contributed by atoms with Gasteiger partial charge in [0.15, 0.2) is 0 Å². The molecule has 1 heterocycles. The van der Waals surface area contributed by atoms with E-state index in [1.165, 1.54) is 7.11 Å². The molecule has 19 heavy (non-hydrogen) atoms. The van der Waals surface area contributed by atoms with Gasteiger partial charge in [-0.15, -0.1) is 0 Å². The first-order valence-electron chi connectivity index (χ1n) is 6.34. The Morgan fingerprint density at radius 1 is 1.37 bits per heavy atom. The minimum absolute atomic E-state index is 0.0239. The summed E-state index contributed by atoms with van der Waals surface area (Å²) < 4.78 is 4.64. The van der Waals surface area contributed by atoms with E-state index in [0.717, 1.165) is 18.5 Å². The van der Waals surface area contributed by atoms with Gasteiger partial charge in [-0.1, -0.05) is 12.1 Å². The molecule has 1 aliphatic heterocycles. The lowest BCUT2D eigenvalue weighted by Crippen LogP contribution is -2.53. The number of carbonyl (C=O) groups is 2. The van der Waals surface area contributed by atoms with Crippen molar-refractivity contribution in [2.45, 2.75) is 25.4 Å². The van der Waals surface area contributed by atoms with Crippen molar-refractivity contribution in [2.24, 2.45) is 0 Å². The van der Waals surface area contributed by atoms with Crippen LogP contribution in [0.5, 0.6) is 0 Å². The molecule has 102 valence electrons. The Balaban J connectivity index is 1.96. The van der Waals surface area contributed by atoms with Gasteiger partial charge in [0.05, 0.1) is 24.8 Å². The van der Waals surface area contributed by atoms with E-state index >= 15 is 0 Å². The SMILES string of the molecule is COC(=O)c1ccc(C(C)NC(=O)C2CCN2)cc1. The highest BCUT2D eigenvalue weighted by molar-refractivity contribution is 5.89. The number of rotatable bonds is 4. The van der Waals surface area contributed by atoms with Crippen molar-refractivity contribution in [1.29, 1.82) is 0 Å². The van der Waals surface area contributed by atoms with Gasteiger partial charge >= 0.3 is 5.97 Å². The summed E-state index contributed by atoms with van der Waals surface area (Å²) in [7, 11) is 1.35. The zero-order chi connectivity index (χ0) is 13.8. The molecule has 1 amide bonds. The number of hydrogen-bond donors (Lipinski definition) is 2. The topological polar surface area (TPSA) is 67.4 Å². The Hall–Kier alpha value is -1.88. The Morgan fingerprint density at radius 2 is 2.00 bits per heavy atom. The van der Waals surface area contributed by atoms with Crippen molar-refractivity contribution in [3.63, 3.8) is 0 Å². The highest BCUT2D eigenvalue weighted by atomic mass is 16.5. The molecule has 1 aromatic carbocycles. The van der Waals surface area contributed by atoms with E-state index in [1.807, 2.05) is 19.1 Å². The average molecular weight is 262 g/mol. The lowest BCUT2D eigenvalue weighted by Gasteiger charge is -2.28. The van der Waals surface area contributed by atoms with Crippen molar-refractivity contribution >= 4 is 11.9 Å². The molecule has 2 unspecified atom stereocenters. The number of nitrogens with one attached hydrogen (secondary N) is 2. The summed E-state index contributed by atoms with van der Waals surface area (Å²) in [5, 5.41) is 6.00. The van der Waals surface area contributed by atoms with Crippen LogP contribution in [0.1, 0.15) is 35.3 Å². The first kappa shape index (κ1) is 13.5. The molecule has 5 nitrogen and oxygen atoms in total. The van der Waals surface area contributed by atoms with Crippen LogP contribution in [-0.4, -0.2) is 31.6 Å². The summed E-state index contributed by atoms with van der Waals surface area (Å²) >= 11 is 0. The Labute approximate surface area is 112 Å². The number of amides is 1. The maximum atomic E-state index is 11.8. The van der Waals surface area contributed by atoms with Gasteiger partial charge in [0, 0.05) is 0 Å². The van der Waals surface area contributed by atoms with E-state index in [2.05, 4.69) is 15.4 Å². The molecular weight excluding hydrogens is 244 g/mol. The molecule has 2 rings (SSSR count). The van der Waals surface area contributed by atoms with Gasteiger partial charge in [-0.25, -0.2) is 4.79 Å². The summed E-state index contributed by atoms with van der Waals surface area (Å²) in [5.74, 6) is -0.335. The van der Waals surface area contributed by atoms with E-state index in [9.17, 15) is 9.59 Å². The Kier molecular flexibility index (Phi) is 4.16. The zero-order valence-corrected chi connectivity index (χ0v) is 11.1. The third-order valence-electron chi connectivity index (χ3n) is 3.33. The highest BCUT2D eigenvalue weighted by Crippen LogP contribution is 2.15. The van der Waals surface area contributed by atoms with Crippen molar-refractivity contribution < 1.29 is 14.3 Å². The fraction of sp³-hybridized carbons (Fsp3) is 0.429. The van der Waals surface area contributed by atoms with Crippen LogP contribution in [-0.2, 0) is 9.53 Å². The fourth-order valence-electron chi connectivity index (χ4n) is 1.94. The van der Waals surface area contributed by atoms with Crippen LogP contribution < -0.4 is 10.6 Å². The molecule has 0 spiro atoms. The van der Waals surface area contributed by atoms with E-state index in [0.29, 0.717) is 5.56 Å². The van der Waals surface area contributed by atoms with Crippen molar-refractivity contribution in [3.05, 3.63) is 35.4 Å². The molecule has 2 N–H and O–H groups in total. The summed E-state index contributed by atoms with van der Waals surface area (Å²) in [6.45, 7) is 2.82. The van der Waals surface area contributed by atoms with Crippen LogP contribution in [0.2, 0.25) is 0 Å². The van der Waals surface area contributed by atoms with E-state index in [-0.39, 0.29) is 24.0 Å². The van der Waals surface area contributed by atoms with Crippen LogP contribution in [0.4, 0.5) is 0 Å². The van der Waals surface area contributed by atoms with Gasteiger partial charge in [0.1, 0.15) is 0 Å². The third kappa shape index (κ3) is 3.12. The molecule has 1 aliphatic rings. The van der Waals surface area contributed by atoms with Crippen molar-refractivity contribution in [1.82, 2.24) is 10.6 Å². The van der Waals surface area contributed by atoms with E-state index in [1.54, 1.807) is 12.1 Å². The smallest absolute Gasteiger partial charge is 0.337 e. The van der Waals surface area contributed by atoms with E-state index < -0.39 is 0 Å². The maximum Gasteiger partial charge on any atom is 0.337 e. The van der Waals surface area contributed by atoms with Gasteiger partial charge in [-0.3, -0.25) is 4.79 Å². The number of ether oxygens (including phenoxy) is 1. The first-order valence-corrected chi connectivity index (χ1v) is 6.34. The number of hydrogen-bond acceptors (Lipinski definition) is 4. The molecule has 1 saturated heterocycles. The average Bonchev–Trinajstić information content (AvgIpc) is 2.35. The van der Waals surface area contributed by atoms with Crippen LogP contribution in [0.3, 0.4) is 0 Å². The summed E-state index contributed by atoms with van der Waals surface area (Å²) in [6, 6.07) is 6.91. The lowest BCUT2D eigenvalue weighted by atomic mass is 10.0. The zero-order valence-electron chi connectivity index (χ0n) is 11.1. The predicted octanol–water partition coefficient (Wildman–Crippen LogP) is 1.01. The molecule has 2 atom stereocenters. The summed E-state index contributed by atoms with van der Waals surface area (Å²) in [4.78, 5) is 23.1. The van der Waals surface area contributed by atoms with Gasteiger partial charge in [0.2, 0.25) is 5.91 Å². The molecular formula is C14H18N2O3. The van der Waals surface area contributed by atoms with Crippen LogP contribution in [0.15, 0.2) is 24.3 Å². The molecule has 0 radical (unpaired) electrons. The standard InChI is InChI=1S/C14H18N2O3/c1-9(16-13(17)12-7-8-15-12)10-3-5-11(6-4-10)14(18)19-2/h3-6,9,12,15H,7-8H2,1-2H3,(H,16,17). The first-order chi connectivity index (χ1) is 9.11. The molecule has 5 heteroatoms. The maximum absolute atomic E-state index is 11.8. The minimum Gasteiger partial charge on any atom is -0.465 e. The van der Waals surface area contributed by atoms with Crippen LogP contribution in [0.25, 0.3) is 0 Å². The second-order valence-electron chi connectivity index (χ2n) is 4.64.